The zero-order valence-corrected chi connectivity index (χ0v) is 26.8. The Morgan fingerprint density at radius 1 is 0.818 bits per heavy atom. The summed E-state index contributed by atoms with van der Waals surface area (Å²) >= 11 is 1.82. The van der Waals surface area contributed by atoms with Gasteiger partial charge in [0.2, 0.25) is 0 Å². The van der Waals surface area contributed by atoms with E-state index in [4.69, 9.17) is 14.3 Å². The van der Waals surface area contributed by atoms with E-state index in [0.29, 0.717) is 31.7 Å². The topological polar surface area (TPSA) is 51.2 Å². The second kappa shape index (κ2) is 15.3. The lowest BCUT2D eigenvalue weighted by Crippen LogP contribution is -2.48. The molecule has 1 aliphatic heterocycles. The minimum absolute atomic E-state index is 0.261. The zero-order valence-electron chi connectivity index (χ0n) is 26.0. The van der Waals surface area contributed by atoms with E-state index in [1.807, 2.05) is 43.0 Å². The molecule has 2 fully saturated rings. The number of carbonyl (C=O) groups is 1. The molecule has 0 saturated heterocycles. The fraction of sp³-hybridized carbons (Fsp3) is 0.486. The van der Waals surface area contributed by atoms with Gasteiger partial charge in [0.25, 0.3) is 0 Å². The molecule has 44 heavy (non-hydrogen) atoms. The molecule has 7 heteroatoms. The first-order valence-electron chi connectivity index (χ1n) is 16.7. The van der Waals surface area contributed by atoms with Crippen molar-refractivity contribution in [2.24, 2.45) is 0 Å². The Hall–Kier alpha value is -3.00. The van der Waals surface area contributed by atoms with E-state index in [0.717, 1.165) is 43.5 Å². The molecular formula is C37H46N2O4S. The van der Waals surface area contributed by atoms with E-state index in [1.54, 1.807) is 0 Å². The number of hydrogen-bond acceptors (Lipinski definition) is 7. The molecule has 6 nitrogen and oxygen atoms in total. The second-order valence-electron chi connectivity index (χ2n) is 12.2. The molecule has 6 rings (SSSR count). The standard InChI is InChI=1S/C37H46N2O4S/c1-2-41-34(37(40)43-39(29-13-5-3-6-14-29)30-15-7-4-8-16-30)27-28-21-23-31(24-22-28)42-26-25-38-32-17-9-11-19-35(32)44-36-20-12-10-18-33(36)38/h9-12,17-24,29-30,34H,2-8,13-16,25-27H2,1H3. The van der Waals surface area contributed by atoms with Gasteiger partial charge in [-0.25, -0.2) is 4.79 Å². The van der Waals surface area contributed by atoms with Crippen molar-refractivity contribution in [1.29, 1.82) is 0 Å². The monoisotopic (exact) mass is 614 g/mol. The molecule has 0 radical (unpaired) electrons. The van der Waals surface area contributed by atoms with Crippen LogP contribution in [0.5, 0.6) is 5.75 Å². The van der Waals surface area contributed by atoms with Crippen LogP contribution < -0.4 is 9.64 Å². The lowest BCUT2D eigenvalue weighted by atomic mass is 9.90. The molecule has 1 atom stereocenters. The van der Waals surface area contributed by atoms with Crippen LogP contribution in [0, 0.1) is 0 Å². The van der Waals surface area contributed by atoms with Crippen molar-refractivity contribution in [3.63, 3.8) is 0 Å². The van der Waals surface area contributed by atoms with Gasteiger partial charge in [-0.15, -0.1) is 5.06 Å². The summed E-state index contributed by atoms with van der Waals surface area (Å²) in [6.45, 7) is 3.70. The number of nitrogens with zero attached hydrogens (tertiary/aromatic N) is 2. The molecule has 3 aromatic carbocycles. The molecule has 0 amide bonds. The van der Waals surface area contributed by atoms with Gasteiger partial charge >= 0.3 is 5.97 Å². The molecule has 0 spiro atoms. The highest BCUT2D eigenvalue weighted by atomic mass is 32.2. The normalized spacial score (nSPS) is 18.0. The maximum absolute atomic E-state index is 13.5. The first-order chi connectivity index (χ1) is 21.7. The maximum Gasteiger partial charge on any atom is 0.354 e. The van der Waals surface area contributed by atoms with Crippen LogP contribution in [-0.2, 0) is 20.8 Å². The minimum atomic E-state index is -0.626. The van der Waals surface area contributed by atoms with Crippen molar-refractivity contribution in [3.8, 4) is 5.75 Å². The molecule has 0 N–H and O–H groups in total. The first-order valence-corrected chi connectivity index (χ1v) is 17.5. The van der Waals surface area contributed by atoms with E-state index in [-0.39, 0.29) is 5.97 Å². The number of ether oxygens (including phenoxy) is 2. The number of benzene rings is 3. The van der Waals surface area contributed by atoms with Gasteiger partial charge in [-0.3, -0.25) is 0 Å². The molecule has 234 valence electrons. The Bertz CT molecular complexity index is 1290. The lowest BCUT2D eigenvalue weighted by Gasteiger charge is -2.40. The van der Waals surface area contributed by atoms with E-state index in [9.17, 15) is 4.79 Å². The number of carbonyl (C=O) groups excluding carboxylic acids is 1. The molecule has 0 bridgehead atoms. The highest BCUT2D eigenvalue weighted by Crippen LogP contribution is 2.47. The number of para-hydroxylation sites is 2. The Balaban J connectivity index is 1.06. The van der Waals surface area contributed by atoms with Crippen molar-refractivity contribution in [3.05, 3.63) is 78.4 Å². The van der Waals surface area contributed by atoms with Crippen molar-refractivity contribution in [1.82, 2.24) is 5.06 Å². The molecule has 2 aliphatic carbocycles. The summed E-state index contributed by atoms with van der Waals surface area (Å²) in [5.41, 5.74) is 3.47. The summed E-state index contributed by atoms with van der Waals surface area (Å²) in [7, 11) is 0. The van der Waals surface area contributed by atoms with Crippen LogP contribution in [0.25, 0.3) is 0 Å². The van der Waals surface area contributed by atoms with Gasteiger partial charge in [-0.05, 0) is 74.6 Å². The van der Waals surface area contributed by atoms with Crippen molar-refractivity contribution in [2.45, 2.75) is 106 Å². The number of anilines is 2. The van der Waals surface area contributed by atoms with Gasteiger partial charge in [0.1, 0.15) is 12.4 Å². The molecular weight excluding hydrogens is 568 g/mol. The number of rotatable bonds is 12. The molecule has 0 aromatic heterocycles. The first kappa shape index (κ1) is 31.0. The average molecular weight is 615 g/mol. The number of hydrogen-bond donors (Lipinski definition) is 0. The maximum atomic E-state index is 13.5. The Kier molecular flexibility index (Phi) is 10.8. The molecule has 3 aliphatic rings. The number of fused-ring (bicyclic) bond motifs is 2. The predicted molar refractivity (Wildman–Crippen MR) is 177 cm³/mol. The van der Waals surface area contributed by atoms with Crippen LogP contribution in [0.1, 0.15) is 76.7 Å². The summed E-state index contributed by atoms with van der Waals surface area (Å²) < 4.78 is 12.2. The van der Waals surface area contributed by atoms with Gasteiger partial charge in [0.05, 0.1) is 17.9 Å². The third kappa shape index (κ3) is 7.61. The summed E-state index contributed by atoms with van der Waals surface area (Å²) in [4.78, 5) is 24.7. The van der Waals surface area contributed by atoms with Gasteiger partial charge in [-0.2, -0.15) is 0 Å². The van der Waals surface area contributed by atoms with Crippen LogP contribution in [-0.4, -0.2) is 49.0 Å². The third-order valence-corrected chi connectivity index (χ3v) is 10.3. The Morgan fingerprint density at radius 3 is 1.95 bits per heavy atom. The van der Waals surface area contributed by atoms with E-state index in [2.05, 4.69) is 58.5 Å². The summed E-state index contributed by atoms with van der Waals surface area (Å²) in [6.07, 6.45) is 11.7. The van der Waals surface area contributed by atoms with Crippen LogP contribution >= 0.6 is 11.8 Å². The summed E-state index contributed by atoms with van der Waals surface area (Å²) in [6, 6.07) is 25.8. The van der Waals surface area contributed by atoms with Gasteiger partial charge in [-0.1, -0.05) is 86.7 Å². The van der Waals surface area contributed by atoms with Gasteiger partial charge < -0.3 is 19.2 Å². The average Bonchev–Trinajstić information content (AvgIpc) is 3.08. The van der Waals surface area contributed by atoms with Crippen molar-refractivity contribution < 1.29 is 19.1 Å². The van der Waals surface area contributed by atoms with Gasteiger partial charge in [0.15, 0.2) is 6.10 Å². The quantitative estimate of drug-likeness (QED) is 0.189. The molecule has 2 saturated carbocycles. The van der Waals surface area contributed by atoms with Crippen LogP contribution in [0.4, 0.5) is 11.4 Å². The lowest BCUT2D eigenvalue weighted by molar-refractivity contribution is -0.232. The fourth-order valence-electron chi connectivity index (χ4n) is 6.91. The van der Waals surface area contributed by atoms with E-state index < -0.39 is 6.10 Å². The largest absolute Gasteiger partial charge is 0.492 e. The highest BCUT2D eigenvalue weighted by molar-refractivity contribution is 7.99. The fourth-order valence-corrected chi connectivity index (χ4v) is 8.00. The molecule has 1 unspecified atom stereocenters. The summed E-state index contributed by atoms with van der Waals surface area (Å²) in [5.74, 6) is 0.557. The van der Waals surface area contributed by atoms with Crippen molar-refractivity contribution >= 4 is 29.1 Å². The SMILES string of the molecule is CCOC(Cc1ccc(OCCN2c3ccccc3Sc3ccccc32)cc1)C(=O)ON(C1CCCCC1)C1CCCCC1. The predicted octanol–water partition coefficient (Wildman–Crippen LogP) is 8.74. The van der Waals surface area contributed by atoms with Crippen LogP contribution in [0.2, 0.25) is 0 Å². The van der Waals surface area contributed by atoms with E-state index >= 15 is 0 Å². The second-order valence-corrected chi connectivity index (χ2v) is 13.3. The van der Waals surface area contributed by atoms with E-state index in [1.165, 1.54) is 59.7 Å². The summed E-state index contributed by atoms with van der Waals surface area (Å²) in [5, 5.41) is 2.10. The Morgan fingerprint density at radius 2 is 1.39 bits per heavy atom. The number of hydroxylamine groups is 2. The Labute approximate surface area is 267 Å². The highest BCUT2D eigenvalue weighted by Gasteiger charge is 2.34. The van der Waals surface area contributed by atoms with Gasteiger partial charge in [0, 0.05) is 34.9 Å². The molecule has 3 aromatic rings. The van der Waals surface area contributed by atoms with Crippen molar-refractivity contribution in [2.75, 3.05) is 24.7 Å². The minimum Gasteiger partial charge on any atom is -0.492 e. The molecule has 1 heterocycles. The smallest absolute Gasteiger partial charge is 0.354 e. The third-order valence-electron chi connectivity index (χ3n) is 9.16. The van der Waals surface area contributed by atoms with Crippen LogP contribution in [0.15, 0.2) is 82.6 Å². The zero-order chi connectivity index (χ0) is 30.1. The van der Waals surface area contributed by atoms with Crippen LogP contribution in [0.3, 0.4) is 0 Å².